The van der Waals surface area contributed by atoms with Crippen molar-refractivity contribution < 1.29 is 0 Å². The summed E-state index contributed by atoms with van der Waals surface area (Å²) in [6, 6.07) is 0. The normalized spacial score (nSPS) is 19.8. The highest BCUT2D eigenvalue weighted by atomic mass is 15.3. The Morgan fingerprint density at radius 3 is 2.92 bits per heavy atom. The van der Waals surface area contributed by atoms with Crippen LogP contribution in [0.4, 0.5) is 0 Å². The number of aromatic nitrogens is 3. The lowest BCUT2D eigenvalue weighted by molar-refractivity contribution is 0.240. The summed E-state index contributed by atoms with van der Waals surface area (Å²) >= 11 is 0. The maximum Gasteiger partial charge on any atom is 0.138 e. The third-order valence-electron chi connectivity index (χ3n) is 2.85. The van der Waals surface area contributed by atoms with Gasteiger partial charge in [0.2, 0.25) is 0 Å². The molecule has 2 N–H and O–H groups in total. The maximum atomic E-state index is 6.14. The zero-order valence-electron chi connectivity index (χ0n) is 8.03. The largest absolute Gasteiger partial charge is 0.325 e. The van der Waals surface area contributed by atoms with Gasteiger partial charge in [-0.05, 0) is 26.2 Å². The van der Waals surface area contributed by atoms with Crippen molar-refractivity contribution in [2.24, 2.45) is 5.73 Å². The number of hydrogen-bond donors (Lipinski definition) is 1. The van der Waals surface area contributed by atoms with Crippen LogP contribution in [0.1, 0.15) is 32.0 Å². The van der Waals surface area contributed by atoms with Crippen LogP contribution in [0.15, 0.2) is 6.33 Å². The van der Waals surface area contributed by atoms with E-state index in [0.29, 0.717) is 0 Å². The smallest absolute Gasteiger partial charge is 0.138 e. The van der Waals surface area contributed by atoms with E-state index in [4.69, 9.17) is 5.73 Å². The van der Waals surface area contributed by atoms with Crippen molar-refractivity contribution >= 4 is 0 Å². The van der Waals surface area contributed by atoms with E-state index >= 15 is 0 Å². The van der Waals surface area contributed by atoms with Crippen LogP contribution >= 0.6 is 0 Å². The minimum absolute atomic E-state index is 0.0138. The molecular weight excluding hydrogens is 164 g/mol. The van der Waals surface area contributed by atoms with Crippen molar-refractivity contribution in [1.29, 1.82) is 0 Å². The molecule has 13 heavy (non-hydrogen) atoms. The Kier molecular flexibility index (Phi) is 2.07. The molecule has 4 heteroatoms. The molecule has 2 rings (SSSR count). The lowest BCUT2D eigenvalue weighted by Gasteiger charge is -2.37. The number of aryl methyl sites for hydroxylation is 1. The Morgan fingerprint density at radius 2 is 2.38 bits per heavy atom. The van der Waals surface area contributed by atoms with Gasteiger partial charge in [0, 0.05) is 18.5 Å². The first-order valence-electron chi connectivity index (χ1n) is 4.89. The van der Waals surface area contributed by atoms with Crippen LogP contribution in [0.25, 0.3) is 0 Å². The summed E-state index contributed by atoms with van der Waals surface area (Å²) in [6.45, 7) is 2.95. The quantitative estimate of drug-likeness (QED) is 0.745. The van der Waals surface area contributed by atoms with Crippen LogP contribution in [0.5, 0.6) is 0 Å². The first-order valence-corrected chi connectivity index (χ1v) is 4.89. The second kappa shape index (κ2) is 3.10. The molecule has 1 aliphatic rings. The van der Waals surface area contributed by atoms with Crippen LogP contribution in [0.2, 0.25) is 0 Å². The molecule has 4 nitrogen and oxygen atoms in total. The molecule has 1 aliphatic carbocycles. The van der Waals surface area contributed by atoms with E-state index in [9.17, 15) is 0 Å². The van der Waals surface area contributed by atoms with Gasteiger partial charge in [-0.15, -0.1) is 0 Å². The highest BCUT2D eigenvalue weighted by molar-refractivity contribution is 5.02. The summed E-state index contributed by atoms with van der Waals surface area (Å²) < 4.78 is 1.92. The molecule has 0 bridgehead atoms. The molecule has 0 aromatic carbocycles. The lowest BCUT2D eigenvalue weighted by atomic mass is 9.75. The van der Waals surface area contributed by atoms with E-state index in [1.54, 1.807) is 6.33 Å². The number of nitrogens with zero attached hydrogens (tertiary/aromatic N) is 3. The summed E-state index contributed by atoms with van der Waals surface area (Å²) in [5.74, 6) is 1.03. The predicted molar refractivity (Wildman–Crippen MR) is 50.2 cm³/mol. The fourth-order valence-electron chi connectivity index (χ4n) is 1.81. The van der Waals surface area contributed by atoms with Gasteiger partial charge in [-0.1, -0.05) is 0 Å². The van der Waals surface area contributed by atoms with Crippen LogP contribution < -0.4 is 5.73 Å². The molecule has 72 valence electrons. The maximum absolute atomic E-state index is 6.14. The monoisotopic (exact) mass is 180 g/mol. The second-order valence-corrected chi connectivity index (χ2v) is 3.88. The Morgan fingerprint density at radius 1 is 1.62 bits per heavy atom. The van der Waals surface area contributed by atoms with Crippen molar-refractivity contribution in [1.82, 2.24) is 14.8 Å². The Balaban J connectivity index is 2.08. The Bertz CT molecular complexity index is 288. The van der Waals surface area contributed by atoms with Gasteiger partial charge in [-0.25, -0.2) is 4.98 Å². The van der Waals surface area contributed by atoms with E-state index in [1.807, 2.05) is 4.68 Å². The van der Waals surface area contributed by atoms with E-state index < -0.39 is 0 Å². The van der Waals surface area contributed by atoms with Gasteiger partial charge >= 0.3 is 0 Å². The third kappa shape index (κ3) is 1.58. The zero-order valence-corrected chi connectivity index (χ0v) is 8.03. The molecule has 0 aliphatic heterocycles. The first kappa shape index (κ1) is 8.69. The van der Waals surface area contributed by atoms with Gasteiger partial charge < -0.3 is 5.73 Å². The molecule has 1 aromatic heterocycles. The van der Waals surface area contributed by atoms with E-state index in [-0.39, 0.29) is 5.54 Å². The molecule has 0 amide bonds. The van der Waals surface area contributed by atoms with Crippen molar-refractivity contribution in [3.63, 3.8) is 0 Å². The minimum Gasteiger partial charge on any atom is -0.325 e. The highest BCUT2D eigenvalue weighted by Gasteiger charge is 2.33. The van der Waals surface area contributed by atoms with Gasteiger partial charge in [0.25, 0.3) is 0 Å². The average Bonchev–Trinajstić information content (AvgIpc) is 2.49. The van der Waals surface area contributed by atoms with Crippen molar-refractivity contribution in [2.75, 3.05) is 0 Å². The van der Waals surface area contributed by atoms with Crippen molar-refractivity contribution in [3.05, 3.63) is 12.2 Å². The molecule has 1 saturated carbocycles. The Hall–Kier alpha value is -0.900. The van der Waals surface area contributed by atoms with Crippen LogP contribution in [0.3, 0.4) is 0 Å². The van der Waals surface area contributed by atoms with Gasteiger partial charge in [0.05, 0.1) is 0 Å². The summed E-state index contributed by atoms with van der Waals surface area (Å²) in [6.07, 6.45) is 6.01. The molecule has 0 spiro atoms. The highest BCUT2D eigenvalue weighted by Crippen LogP contribution is 2.31. The minimum atomic E-state index is 0.0138. The second-order valence-electron chi connectivity index (χ2n) is 3.88. The molecule has 0 atom stereocenters. The molecule has 0 unspecified atom stereocenters. The van der Waals surface area contributed by atoms with Crippen LogP contribution in [-0.4, -0.2) is 20.3 Å². The Labute approximate surface area is 78.1 Å². The predicted octanol–water partition coefficient (Wildman–Crippen LogP) is 0.722. The topological polar surface area (TPSA) is 56.7 Å². The SMILES string of the molecule is CCn1ncnc1CC1(N)CCC1. The number of rotatable bonds is 3. The van der Waals surface area contributed by atoms with Gasteiger partial charge in [-0.2, -0.15) is 5.10 Å². The van der Waals surface area contributed by atoms with E-state index in [2.05, 4.69) is 17.0 Å². The standard InChI is InChI=1S/C9H16N4/c1-2-13-8(11-7-12-13)6-9(10)4-3-5-9/h7H,2-6,10H2,1H3. The molecule has 1 fully saturated rings. The van der Waals surface area contributed by atoms with E-state index in [1.165, 1.54) is 6.42 Å². The fraction of sp³-hybridized carbons (Fsp3) is 0.778. The van der Waals surface area contributed by atoms with E-state index in [0.717, 1.165) is 31.6 Å². The first-order chi connectivity index (χ1) is 6.23. The summed E-state index contributed by atoms with van der Waals surface area (Å²) in [5.41, 5.74) is 6.15. The fourth-order valence-corrected chi connectivity index (χ4v) is 1.81. The molecule has 1 aromatic rings. The third-order valence-corrected chi connectivity index (χ3v) is 2.85. The molecular formula is C9H16N4. The zero-order chi connectivity index (χ0) is 9.31. The van der Waals surface area contributed by atoms with Crippen LogP contribution in [-0.2, 0) is 13.0 Å². The van der Waals surface area contributed by atoms with Gasteiger partial charge in [0.1, 0.15) is 12.2 Å². The van der Waals surface area contributed by atoms with Crippen LogP contribution in [0, 0.1) is 0 Å². The lowest BCUT2D eigenvalue weighted by Crippen LogP contribution is -2.48. The molecule has 0 saturated heterocycles. The molecule has 0 radical (unpaired) electrons. The van der Waals surface area contributed by atoms with Gasteiger partial charge in [0.15, 0.2) is 0 Å². The number of hydrogen-bond acceptors (Lipinski definition) is 3. The van der Waals surface area contributed by atoms with Crippen molar-refractivity contribution in [3.8, 4) is 0 Å². The average molecular weight is 180 g/mol. The molecule has 1 heterocycles. The van der Waals surface area contributed by atoms with Crippen molar-refractivity contribution in [2.45, 2.75) is 44.7 Å². The summed E-state index contributed by atoms with van der Waals surface area (Å²) in [7, 11) is 0. The summed E-state index contributed by atoms with van der Waals surface area (Å²) in [4.78, 5) is 4.23. The van der Waals surface area contributed by atoms with Gasteiger partial charge in [-0.3, -0.25) is 4.68 Å². The number of nitrogens with two attached hydrogens (primary N) is 1. The summed E-state index contributed by atoms with van der Waals surface area (Å²) in [5, 5.41) is 4.13.